The van der Waals surface area contributed by atoms with Crippen LogP contribution in [0.15, 0.2) is 47.4 Å². The number of benzene rings is 2. The monoisotopic (exact) mass is 402 g/mol. The van der Waals surface area contributed by atoms with Crippen molar-refractivity contribution < 1.29 is 17.9 Å². The number of amides is 1. The van der Waals surface area contributed by atoms with Crippen LogP contribution >= 0.6 is 0 Å². The summed E-state index contributed by atoms with van der Waals surface area (Å²) in [6.45, 7) is 1.63. The van der Waals surface area contributed by atoms with E-state index in [9.17, 15) is 13.2 Å². The first-order valence-corrected chi connectivity index (χ1v) is 9.81. The Balaban J connectivity index is 2.23. The van der Waals surface area contributed by atoms with Crippen molar-refractivity contribution in [1.29, 1.82) is 5.26 Å². The van der Waals surface area contributed by atoms with E-state index in [0.717, 1.165) is 4.31 Å². The Kier molecular flexibility index (Phi) is 6.62. The van der Waals surface area contributed by atoms with Crippen LogP contribution in [0.25, 0.3) is 0 Å². The number of hydrogen-bond donors (Lipinski definition) is 2. The van der Waals surface area contributed by atoms with Crippen LogP contribution in [0.2, 0.25) is 0 Å². The third-order valence-electron chi connectivity index (χ3n) is 3.97. The van der Waals surface area contributed by atoms with E-state index in [2.05, 4.69) is 10.6 Å². The van der Waals surface area contributed by atoms with Gasteiger partial charge in [0.15, 0.2) is 0 Å². The van der Waals surface area contributed by atoms with Crippen LogP contribution < -0.4 is 15.4 Å². The molecule has 8 nitrogen and oxygen atoms in total. The van der Waals surface area contributed by atoms with E-state index in [0.29, 0.717) is 22.7 Å². The molecule has 0 saturated heterocycles. The van der Waals surface area contributed by atoms with Crippen molar-refractivity contribution in [2.45, 2.75) is 17.9 Å². The molecule has 2 aromatic rings. The first-order chi connectivity index (χ1) is 13.2. The number of methoxy groups -OCH3 is 1. The van der Waals surface area contributed by atoms with Gasteiger partial charge in [0, 0.05) is 19.8 Å². The summed E-state index contributed by atoms with van der Waals surface area (Å²) in [4.78, 5) is 12.6. The van der Waals surface area contributed by atoms with E-state index >= 15 is 0 Å². The molecule has 2 rings (SSSR count). The van der Waals surface area contributed by atoms with E-state index in [1.54, 1.807) is 31.2 Å². The molecule has 2 N–H and O–H groups in total. The molecular formula is C19H22N4O4S. The second kappa shape index (κ2) is 8.73. The van der Waals surface area contributed by atoms with Crippen LogP contribution in [0.1, 0.15) is 12.5 Å². The quantitative estimate of drug-likeness (QED) is 0.735. The van der Waals surface area contributed by atoms with Gasteiger partial charge in [-0.25, -0.2) is 12.7 Å². The smallest absolute Gasteiger partial charge is 0.246 e. The number of nitrogens with one attached hydrogen (secondary N) is 2. The fourth-order valence-electron chi connectivity index (χ4n) is 2.39. The Morgan fingerprint density at radius 1 is 1.21 bits per heavy atom. The first-order valence-electron chi connectivity index (χ1n) is 8.37. The summed E-state index contributed by atoms with van der Waals surface area (Å²) in [6.07, 6.45) is 0. The third kappa shape index (κ3) is 4.79. The maximum atomic E-state index is 12.5. The Hall–Kier alpha value is -3.09. The van der Waals surface area contributed by atoms with Crippen LogP contribution in [-0.4, -0.2) is 45.9 Å². The fourth-order valence-corrected chi connectivity index (χ4v) is 3.32. The lowest BCUT2D eigenvalue weighted by molar-refractivity contribution is -0.116. The second-order valence-corrected chi connectivity index (χ2v) is 8.35. The third-order valence-corrected chi connectivity index (χ3v) is 5.79. The molecule has 1 atom stereocenters. The standard InChI is InChI=1S/C19H22N4O4S/c1-13(19(24)22-15-7-5-6-14(10-15)12-20)21-17-11-16(8-9-18(17)27-4)28(25,26)23(2)3/h5-11,13,21H,1-4H3,(H,22,24). The van der Waals surface area contributed by atoms with E-state index in [4.69, 9.17) is 10.00 Å². The van der Waals surface area contributed by atoms with E-state index in [1.807, 2.05) is 6.07 Å². The molecular weight excluding hydrogens is 380 g/mol. The molecule has 148 valence electrons. The van der Waals surface area contributed by atoms with Gasteiger partial charge in [-0.2, -0.15) is 5.26 Å². The lowest BCUT2D eigenvalue weighted by Crippen LogP contribution is -2.32. The SMILES string of the molecule is COc1ccc(S(=O)(=O)N(C)C)cc1NC(C)C(=O)Nc1cccc(C#N)c1. The van der Waals surface area contributed by atoms with Crippen LogP contribution in [0.3, 0.4) is 0 Å². The zero-order valence-electron chi connectivity index (χ0n) is 16.1. The number of carbonyl (C=O) groups is 1. The van der Waals surface area contributed by atoms with Gasteiger partial charge in [-0.3, -0.25) is 4.79 Å². The predicted octanol–water partition coefficient (Wildman–Crippen LogP) is 2.26. The van der Waals surface area contributed by atoms with Crippen LogP contribution in [-0.2, 0) is 14.8 Å². The van der Waals surface area contributed by atoms with Gasteiger partial charge in [-0.1, -0.05) is 6.07 Å². The zero-order valence-corrected chi connectivity index (χ0v) is 16.9. The molecule has 0 aliphatic heterocycles. The number of hydrogen-bond acceptors (Lipinski definition) is 6. The normalized spacial score (nSPS) is 12.1. The van der Waals surface area contributed by atoms with Crippen molar-refractivity contribution in [2.24, 2.45) is 0 Å². The van der Waals surface area contributed by atoms with Gasteiger partial charge in [0.25, 0.3) is 0 Å². The van der Waals surface area contributed by atoms with Crippen LogP contribution in [0.4, 0.5) is 11.4 Å². The maximum Gasteiger partial charge on any atom is 0.246 e. The summed E-state index contributed by atoms with van der Waals surface area (Å²) in [7, 11) is 0.712. The van der Waals surface area contributed by atoms with Crippen LogP contribution in [0, 0.1) is 11.3 Å². The van der Waals surface area contributed by atoms with Crippen LogP contribution in [0.5, 0.6) is 5.75 Å². The largest absolute Gasteiger partial charge is 0.495 e. The second-order valence-electron chi connectivity index (χ2n) is 6.20. The average Bonchev–Trinajstić information content (AvgIpc) is 2.67. The highest BCUT2D eigenvalue weighted by atomic mass is 32.2. The number of nitriles is 1. The minimum atomic E-state index is -3.63. The molecule has 0 bridgehead atoms. The van der Waals surface area contributed by atoms with Gasteiger partial charge in [-0.15, -0.1) is 0 Å². The molecule has 9 heteroatoms. The molecule has 0 radical (unpaired) electrons. The maximum absolute atomic E-state index is 12.5. The molecule has 0 aliphatic rings. The van der Waals surface area contributed by atoms with Gasteiger partial charge in [-0.05, 0) is 43.3 Å². The Labute approximate surface area is 164 Å². The average molecular weight is 402 g/mol. The Bertz CT molecular complexity index is 1010. The number of carbonyl (C=O) groups excluding carboxylic acids is 1. The van der Waals surface area contributed by atoms with E-state index in [1.165, 1.54) is 39.4 Å². The topological polar surface area (TPSA) is 112 Å². The summed E-state index contributed by atoms with van der Waals surface area (Å²) < 4.78 is 31.1. The van der Waals surface area contributed by atoms with Crippen molar-refractivity contribution in [3.8, 4) is 11.8 Å². The molecule has 0 aliphatic carbocycles. The van der Waals surface area contributed by atoms with Crippen molar-refractivity contribution in [2.75, 3.05) is 31.8 Å². The lowest BCUT2D eigenvalue weighted by atomic mass is 10.2. The molecule has 0 spiro atoms. The molecule has 0 heterocycles. The van der Waals surface area contributed by atoms with Gasteiger partial charge in [0.1, 0.15) is 11.8 Å². The molecule has 1 unspecified atom stereocenters. The molecule has 1 amide bonds. The van der Waals surface area contributed by atoms with Gasteiger partial charge in [0.05, 0.1) is 29.3 Å². The number of nitrogens with zero attached hydrogens (tertiary/aromatic N) is 2. The molecule has 28 heavy (non-hydrogen) atoms. The zero-order chi connectivity index (χ0) is 20.9. The van der Waals surface area contributed by atoms with Crippen molar-refractivity contribution in [1.82, 2.24) is 4.31 Å². The molecule has 2 aromatic carbocycles. The number of anilines is 2. The Morgan fingerprint density at radius 2 is 1.93 bits per heavy atom. The number of ether oxygens (including phenoxy) is 1. The minimum absolute atomic E-state index is 0.0788. The van der Waals surface area contributed by atoms with Crippen molar-refractivity contribution in [3.05, 3.63) is 48.0 Å². The van der Waals surface area contributed by atoms with Crippen molar-refractivity contribution in [3.63, 3.8) is 0 Å². The Morgan fingerprint density at radius 3 is 2.54 bits per heavy atom. The van der Waals surface area contributed by atoms with E-state index in [-0.39, 0.29) is 10.8 Å². The van der Waals surface area contributed by atoms with Gasteiger partial charge >= 0.3 is 0 Å². The summed E-state index contributed by atoms with van der Waals surface area (Å²) in [5.41, 5.74) is 1.30. The number of rotatable bonds is 7. The minimum Gasteiger partial charge on any atom is -0.495 e. The highest BCUT2D eigenvalue weighted by Crippen LogP contribution is 2.29. The summed E-state index contributed by atoms with van der Waals surface area (Å²) in [5, 5.41) is 14.6. The predicted molar refractivity (Wildman–Crippen MR) is 107 cm³/mol. The highest BCUT2D eigenvalue weighted by molar-refractivity contribution is 7.89. The van der Waals surface area contributed by atoms with Gasteiger partial charge < -0.3 is 15.4 Å². The van der Waals surface area contributed by atoms with Crippen molar-refractivity contribution >= 4 is 27.3 Å². The molecule has 0 aromatic heterocycles. The first kappa shape index (κ1) is 21.2. The fraction of sp³-hybridized carbons (Fsp3) is 0.263. The summed E-state index contributed by atoms with van der Waals surface area (Å²) in [6, 6.07) is 12.3. The molecule has 0 fully saturated rings. The molecule has 0 saturated carbocycles. The number of sulfonamides is 1. The highest BCUT2D eigenvalue weighted by Gasteiger charge is 2.21. The lowest BCUT2D eigenvalue weighted by Gasteiger charge is -2.19. The van der Waals surface area contributed by atoms with E-state index < -0.39 is 16.1 Å². The van der Waals surface area contributed by atoms with Gasteiger partial charge in [0.2, 0.25) is 15.9 Å². The summed E-state index contributed by atoms with van der Waals surface area (Å²) >= 11 is 0. The summed E-state index contributed by atoms with van der Waals surface area (Å²) in [5.74, 6) is 0.0573.